The lowest BCUT2D eigenvalue weighted by atomic mass is 10.1. The Hall–Kier alpha value is -1.61. The average Bonchev–Trinajstić information content (AvgIpc) is 3.08. The lowest BCUT2D eigenvalue weighted by molar-refractivity contribution is 0.0922. The number of likely N-dealkylation sites (N-methyl/N-ethyl adjacent to an activating group) is 1. The van der Waals surface area contributed by atoms with E-state index >= 15 is 0 Å². The predicted octanol–water partition coefficient (Wildman–Crippen LogP) is 3.49. The molecule has 0 unspecified atom stereocenters. The second-order valence-electron chi connectivity index (χ2n) is 5.42. The summed E-state index contributed by atoms with van der Waals surface area (Å²) in [5, 5.41) is 0.923. The first kappa shape index (κ1) is 12.4. The Morgan fingerprint density at radius 2 is 2.05 bits per heavy atom. The van der Waals surface area contributed by atoms with E-state index in [1.54, 1.807) is 6.26 Å². The first-order valence-corrected chi connectivity index (χ1v) is 6.95. The van der Waals surface area contributed by atoms with Crippen molar-refractivity contribution in [2.45, 2.75) is 31.7 Å². The molecule has 2 aromatic rings. The van der Waals surface area contributed by atoms with E-state index in [4.69, 9.17) is 4.42 Å². The summed E-state index contributed by atoms with van der Waals surface area (Å²) in [5.74, 6) is 0.152. The number of benzene rings is 1. The molecule has 3 nitrogen and oxygen atoms in total. The Kier molecular flexibility index (Phi) is 3.38. The van der Waals surface area contributed by atoms with Gasteiger partial charge in [0, 0.05) is 11.4 Å². The summed E-state index contributed by atoms with van der Waals surface area (Å²) < 4.78 is 5.44. The van der Waals surface area contributed by atoms with Crippen LogP contribution in [0.1, 0.15) is 36.0 Å². The van der Waals surface area contributed by atoms with Crippen LogP contribution in [0.5, 0.6) is 0 Å². The van der Waals surface area contributed by atoms with Crippen LogP contribution in [0.25, 0.3) is 11.0 Å². The Balaban J connectivity index is 1.76. The van der Waals surface area contributed by atoms with Gasteiger partial charge in [-0.15, -0.1) is 0 Å². The van der Waals surface area contributed by atoms with Crippen LogP contribution in [0.2, 0.25) is 0 Å². The van der Waals surface area contributed by atoms with Crippen molar-refractivity contribution in [1.29, 1.82) is 0 Å². The third kappa shape index (κ3) is 2.43. The fourth-order valence-electron chi connectivity index (χ4n) is 2.98. The Morgan fingerprint density at radius 3 is 2.84 bits per heavy atom. The number of nitrogens with zero attached hydrogens (tertiary/aromatic N) is 1. The molecule has 0 radical (unpaired) electrons. The van der Waals surface area contributed by atoms with Gasteiger partial charge in [0.25, 0.3) is 0 Å². The fraction of sp³-hybridized carbons (Fsp3) is 0.438. The van der Waals surface area contributed by atoms with Gasteiger partial charge in [0.1, 0.15) is 11.8 Å². The Bertz CT molecular complexity index is 581. The zero-order chi connectivity index (χ0) is 13.2. The van der Waals surface area contributed by atoms with Gasteiger partial charge in [0.15, 0.2) is 5.78 Å². The molecule has 0 N–H and O–H groups in total. The Morgan fingerprint density at radius 1 is 1.32 bits per heavy atom. The molecule has 0 amide bonds. The van der Waals surface area contributed by atoms with E-state index in [1.807, 2.05) is 24.3 Å². The van der Waals surface area contributed by atoms with Gasteiger partial charge in [0.05, 0.1) is 12.1 Å². The van der Waals surface area contributed by atoms with Crippen LogP contribution in [0.15, 0.2) is 34.9 Å². The summed E-state index contributed by atoms with van der Waals surface area (Å²) in [4.78, 5) is 14.6. The molecule has 1 heterocycles. The molecule has 0 atom stereocenters. The molecule has 0 spiro atoms. The number of fused-ring (bicyclic) bond motifs is 1. The van der Waals surface area contributed by atoms with Gasteiger partial charge in [-0.3, -0.25) is 9.69 Å². The van der Waals surface area contributed by atoms with Gasteiger partial charge in [-0.25, -0.2) is 0 Å². The highest BCUT2D eigenvalue weighted by atomic mass is 16.3. The molecule has 1 aliphatic rings. The van der Waals surface area contributed by atoms with E-state index in [0.717, 1.165) is 11.0 Å². The third-order valence-corrected chi connectivity index (χ3v) is 4.12. The molecule has 1 aromatic heterocycles. The fourth-order valence-corrected chi connectivity index (χ4v) is 2.98. The molecular weight excluding hydrogens is 238 g/mol. The number of hydrogen-bond acceptors (Lipinski definition) is 3. The minimum absolute atomic E-state index is 0.152. The maximum Gasteiger partial charge on any atom is 0.180 e. The third-order valence-electron chi connectivity index (χ3n) is 4.12. The smallest absolute Gasteiger partial charge is 0.180 e. The maximum absolute atomic E-state index is 12.4. The number of Topliss-reactive ketones (excluding diaryl/α,β-unsaturated/α-hetero) is 1. The van der Waals surface area contributed by atoms with Gasteiger partial charge < -0.3 is 4.42 Å². The Labute approximate surface area is 113 Å². The quantitative estimate of drug-likeness (QED) is 0.786. The summed E-state index contributed by atoms with van der Waals surface area (Å²) in [5.41, 5.74) is 1.50. The number of rotatable bonds is 4. The zero-order valence-corrected chi connectivity index (χ0v) is 11.3. The van der Waals surface area contributed by atoms with Gasteiger partial charge in [0.2, 0.25) is 0 Å². The molecule has 100 valence electrons. The summed E-state index contributed by atoms with van der Waals surface area (Å²) in [6.45, 7) is 0.480. The standard InChI is InChI=1S/C16H19NO2/c1-17(12-6-2-3-7-12)10-15(18)14-11-19-16-9-5-4-8-13(14)16/h4-5,8-9,11-12H,2-3,6-7,10H2,1H3. The highest BCUT2D eigenvalue weighted by Gasteiger charge is 2.22. The lowest BCUT2D eigenvalue weighted by Gasteiger charge is -2.22. The van der Waals surface area contributed by atoms with Crippen LogP contribution >= 0.6 is 0 Å². The highest BCUT2D eigenvalue weighted by Crippen LogP contribution is 2.24. The first-order valence-electron chi connectivity index (χ1n) is 6.95. The molecule has 0 saturated heterocycles. The van der Waals surface area contributed by atoms with Crippen molar-refractivity contribution in [2.75, 3.05) is 13.6 Å². The normalized spacial score (nSPS) is 16.5. The average molecular weight is 257 g/mol. The van der Waals surface area contributed by atoms with Gasteiger partial charge in [-0.1, -0.05) is 31.0 Å². The van der Waals surface area contributed by atoms with Crippen LogP contribution in [0.4, 0.5) is 0 Å². The molecule has 1 aliphatic carbocycles. The molecule has 0 bridgehead atoms. The van der Waals surface area contributed by atoms with Crippen molar-refractivity contribution in [3.8, 4) is 0 Å². The highest BCUT2D eigenvalue weighted by molar-refractivity contribution is 6.08. The second-order valence-corrected chi connectivity index (χ2v) is 5.42. The van der Waals surface area contributed by atoms with Crippen molar-refractivity contribution in [1.82, 2.24) is 4.90 Å². The number of ketones is 1. The molecule has 3 rings (SSSR count). The number of para-hydroxylation sites is 1. The zero-order valence-electron chi connectivity index (χ0n) is 11.3. The van der Waals surface area contributed by atoms with Gasteiger partial charge >= 0.3 is 0 Å². The van der Waals surface area contributed by atoms with E-state index in [9.17, 15) is 4.79 Å². The van der Waals surface area contributed by atoms with E-state index in [0.29, 0.717) is 18.2 Å². The minimum atomic E-state index is 0.152. The molecule has 19 heavy (non-hydrogen) atoms. The van der Waals surface area contributed by atoms with E-state index in [2.05, 4.69) is 11.9 Å². The molecule has 1 fully saturated rings. The molecule has 3 heteroatoms. The van der Waals surface area contributed by atoms with E-state index in [1.165, 1.54) is 25.7 Å². The van der Waals surface area contributed by atoms with E-state index in [-0.39, 0.29) is 5.78 Å². The molecule has 1 saturated carbocycles. The van der Waals surface area contributed by atoms with Crippen molar-refractivity contribution >= 4 is 16.8 Å². The number of carbonyl (C=O) groups excluding carboxylic acids is 1. The van der Waals surface area contributed by atoms with Crippen LogP contribution in [-0.4, -0.2) is 30.3 Å². The lowest BCUT2D eigenvalue weighted by Crippen LogP contribution is -2.33. The van der Waals surface area contributed by atoms with Crippen molar-refractivity contribution in [2.24, 2.45) is 0 Å². The van der Waals surface area contributed by atoms with Crippen LogP contribution < -0.4 is 0 Å². The monoisotopic (exact) mass is 257 g/mol. The first-order chi connectivity index (χ1) is 9.25. The molecule has 1 aromatic carbocycles. The van der Waals surface area contributed by atoms with Crippen LogP contribution in [-0.2, 0) is 0 Å². The van der Waals surface area contributed by atoms with Gasteiger partial charge in [-0.05, 0) is 26.0 Å². The summed E-state index contributed by atoms with van der Waals surface area (Å²) in [6, 6.07) is 8.27. The maximum atomic E-state index is 12.4. The van der Waals surface area contributed by atoms with Gasteiger partial charge in [-0.2, -0.15) is 0 Å². The molecular formula is C16H19NO2. The predicted molar refractivity (Wildman–Crippen MR) is 75.4 cm³/mol. The number of carbonyl (C=O) groups is 1. The van der Waals surface area contributed by atoms with E-state index < -0.39 is 0 Å². The minimum Gasteiger partial charge on any atom is -0.464 e. The summed E-state index contributed by atoms with van der Waals surface area (Å²) in [7, 11) is 2.05. The van der Waals surface area contributed by atoms with Crippen LogP contribution in [0, 0.1) is 0 Å². The molecule has 0 aliphatic heterocycles. The largest absolute Gasteiger partial charge is 0.464 e. The SMILES string of the molecule is CN(CC(=O)c1coc2ccccc12)C1CCCC1. The van der Waals surface area contributed by atoms with Crippen molar-refractivity contribution < 1.29 is 9.21 Å². The van der Waals surface area contributed by atoms with Crippen molar-refractivity contribution in [3.05, 3.63) is 36.1 Å². The summed E-state index contributed by atoms with van der Waals surface area (Å²) >= 11 is 0. The number of furan rings is 1. The summed E-state index contributed by atoms with van der Waals surface area (Å²) in [6.07, 6.45) is 6.61. The number of hydrogen-bond donors (Lipinski definition) is 0. The van der Waals surface area contributed by atoms with Crippen LogP contribution in [0.3, 0.4) is 0 Å². The van der Waals surface area contributed by atoms with Crippen molar-refractivity contribution in [3.63, 3.8) is 0 Å². The second kappa shape index (κ2) is 5.17. The topological polar surface area (TPSA) is 33.5 Å².